The lowest BCUT2D eigenvalue weighted by molar-refractivity contribution is -0.137. The van der Waals surface area contributed by atoms with Crippen molar-refractivity contribution in [3.63, 3.8) is 0 Å². The molecule has 0 fully saturated rings. The van der Waals surface area contributed by atoms with Crippen LogP contribution >= 0.6 is 11.8 Å². The van der Waals surface area contributed by atoms with Crippen molar-refractivity contribution < 1.29 is 9.53 Å². The van der Waals surface area contributed by atoms with Gasteiger partial charge in [-0.05, 0) is 22.8 Å². The maximum atomic E-state index is 12.4. The summed E-state index contributed by atoms with van der Waals surface area (Å²) >= 11 is 1.17. The van der Waals surface area contributed by atoms with Crippen molar-refractivity contribution in [1.82, 2.24) is 9.97 Å². The number of rotatable bonds is 6. The molecule has 0 saturated heterocycles. The number of aromatic amines is 1. The average molecular weight is 368 g/mol. The molecule has 3 rings (SSSR count). The summed E-state index contributed by atoms with van der Waals surface area (Å²) in [4.78, 5) is 31.2. The molecule has 0 aliphatic carbocycles. The van der Waals surface area contributed by atoms with Gasteiger partial charge in [0, 0.05) is 12.0 Å². The van der Waals surface area contributed by atoms with E-state index in [9.17, 15) is 9.59 Å². The number of benzene rings is 2. The van der Waals surface area contributed by atoms with Gasteiger partial charge in [0.05, 0.1) is 18.6 Å². The Labute approximate surface area is 155 Å². The third kappa shape index (κ3) is 3.96. The molecule has 1 N–H and O–H groups in total. The molecule has 0 radical (unpaired) electrons. The van der Waals surface area contributed by atoms with E-state index in [0.29, 0.717) is 23.6 Å². The highest BCUT2D eigenvalue weighted by Gasteiger charge is 2.13. The minimum atomic E-state index is -0.354. The SMILES string of the molecule is CCc1c(Cc2cccc3ccccc23)nc(SCC(=O)OC)[nH]c1=O. The van der Waals surface area contributed by atoms with Crippen molar-refractivity contribution in [2.45, 2.75) is 24.9 Å². The third-order valence-corrected chi connectivity index (χ3v) is 5.07. The van der Waals surface area contributed by atoms with Gasteiger partial charge in [0.25, 0.3) is 5.56 Å². The Balaban J connectivity index is 1.98. The van der Waals surface area contributed by atoms with Crippen LogP contribution in [0.25, 0.3) is 10.8 Å². The summed E-state index contributed by atoms with van der Waals surface area (Å²) in [7, 11) is 1.34. The quantitative estimate of drug-likeness (QED) is 0.410. The van der Waals surface area contributed by atoms with Gasteiger partial charge in [0.2, 0.25) is 0 Å². The standard InChI is InChI=1S/C20H20N2O3S/c1-3-15-17(21-20(22-19(15)24)26-12-18(23)25-2)11-14-9-6-8-13-7-4-5-10-16(13)14/h4-10H,3,11-12H2,1-2H3,(H,21,22,24). The second kappa shape index (κ2) is 8.19. The Morgan fingerprint density at radius 1 is 1.19 bits per heavy atom. The zero-order valence-electron chi connectivity index (χ0n) is 14.7. The summed E-state index contributed by atoms with van der Waals surface area (Å²) in [6.45, 7) is 1.94. The van der Waals surface area contributed by atoms with Crippen LogP contribution in [0.4, 0.5) is 0 Å². The fourth-order valence-electron chi connectivity index (χ4n) is 2.91. The summed E-state index contributed by atoms with van der Waals surface area (Å²) < 4.78 is 4.64. The Morgan fingerprint density at radius 3 is 2.73 bits per heavy atom. The van der Waals surface area contributed by atoms with E-state index in [1.165, 1.54) is 18.9 Å². The summed E-state index contributed by atoms with van der Waals surface area (Å²) in [5.74, 6) is -0.244. The molecule has 0 saturated carbocycles. The molecule has 3 aromatic rings. The molecule has 1 aromatic heterocycles. The number of H-pyrrole nitrogens is 1. The number of fused-ring (bicyclic) bond motifs is 1. The van der Waals surface area contributed by atoms with E-state index in [1.54, 1.807) is 0 Å². The highest BCUT2D eigenvalue weighted by molar-refractivity contribution is 7.99. The number of nitrogens with zero attached hydrogens (tertiary/aromatic N) is 1. The molecular formula is C20H20N2O3S. The molecule has 0 aliphatic heterocycles. The fraction of sp³-hybridized carbons (Fsp3) is 0.250. The van der Waals surface area contributed by atoms with Gasteiger partial charge in [-0.2, -0.15) is 0 Å². The number of methoxy groups -OCH3 is 1. The van der Waals surface area contributed by atoms with Gasteiger partial charge < -0.3 is 9.72 Å². The van der Waals surface area contributed by atoms with Crippen molar-refractivity contribution in [1.29, 1.82) is 0 Å². The first kappa shape index (κ1) is 18.2. The number of esters is 1. The van der Waals surface area contributed by atoms with Crippen molar-refractivity contribution >= 4 is 28.5 Å². The Morgan fingerprint density at radius 2 is 1.96 bits per heavy atom. The summed E-state index contributed by atoms with van der Waals surface area (Å²) in [6, 6.07) is 14.3. The molecule has 0 bridgehead atoms. The second-order valence-electron chi connectivity index (χ2n) is 5.83. The van der Waals surface area contributed by atoms with Crippen LogP contribution in [0.2, 0.25) is 0 Å². The van der Waals surface area contributed by atoms with Crippen LogP contribution in [0.5, 0.6) is 0 Å². The maximum absolute atomic E-state index is 12.4. The first-order valence-electron chi connectivity index (χ1n) is 8.40. The largest absolute Gasteiger partial charge is 0.468 e. The van der Waals surface area contributed by atoms with Crippen LogP contribution in [-0.4, -0.2) is 28.8 Å². The minimum absolute atomic E-state index is 0.110. The third-order valence-electron chi connectivity index (χ3n) is 4.23. The lowest BCUT2D eigenvalue weighted by Gasteiger charge is -2.11. The molecule has 26 heavy (non-hydrogen) atoms. The summed E-state index contributed by atoms with van der Waals surface area (Å²) in [6.07, 6.45) is 1.17. The fourth-order valence-corrected chi connectivity index (χ4v) is 3.63. The van der Waals surface area contributed by atoms with Crippen LogP contribution in [0.3, 0.4) is 0 Å². The van der Waals surface area contributed by atoms with Gasteiger partial charge in [0.1, 0.15) is 0 Å². The van der Waals surface area contributed by atoms with Crippen molar-refractivity contribution in [2.75, 3.05) is 12.9 Å². The number of hydrogen-bond donors (Lipinski definition) is 1. The van der Waals surface area contributed by atoms with Gasteiger partial charge >= 0.3 is 5.97 Å². The van der Waals surface area contributed by atoms with Gasteiger partial charge in [-0.3, -0.25) is 9.59 Å². The van der Waals surface area contributed by atoms with E-state index in [1.807, 2.05) is 25.1 Å². The number of carbonyl (C=O) groups is 1. The molecule has 0 atom stereocenters. The number of nitrogens with one attached hydrogen (secondary N) is 1. The Kier molecular flexibility index (Phi) is 5.73. The lowest BCUT2D eigenvalue weighted by atomic mass is 9.99. The number of aromatic nitrogens is 2. The zero-order chi connectivity index (χ0) is 18.5. The summed E-state index contributed by atoms with van der Waals surface area (Å²) in [5.41, 5.74) is 2.41. The van der Waals surface area contributed by atoms with Crippen LogP contribution in [-0.2, 0) is 22.4 Å². The number of carbonyl (C=O) groups excluding carboxylic acids is 1. The predicted molar refractivity (Wildman–Crippen MR) is 104 cm³/mol. The summed E-state index contributed by atoms with van der Waals surface area (Å²) in [5, 5.41) is 2.75. The number of hydrogen-bond acceptors (Lipinski definition) is 5. The molecule has 2 aromatic carbocycles. The van der Waals surface area contributed by atoms with Crippen molar-refractivity contribution in [2.24, 2.45) is 0 Å². The Bertz CT molecular complexity index is 993. The minimum Gasteiger partial charge on any atom is -0.468 e. The van der Waals surface area contributed by atoms with Gasteiger partial charge in [-0.1, -0.05) is 61.2 Å². The average Bonchev–Trinajstić information content (AvgIpc) is 2.66. The number of thioether (sulfide) groups is 1. The van der Waals surface area contributed by atoms with E-state index >= 15 is 0 Å². The Hall–Kier alpha value is -2.60. The predicted octanol–water partition coefficient (Wildman–Crippen LogP) is 3.34. The van der Waals surface area contributed by atoms with Gasteiger partial charge in [-0.15, -0.1) is 0 Å². The molecule has 0 unspecified atom stereocenters. The molecule has 134 valence electrons. The van der Waals surface area contributed by atoms with E-state index in [4.69, 9.17) is 0 Å². The molecule has 0 spiro atoms. The van der Waals surface area contributed by atoms with E-state index in [2.05, 4.69) is 39.0 Å². The zero-order valence-corrected chi connectivity index (χ0v) is 15.6. The smallest absolute Gasteiger partial charge is 0.316 e. The van der Waals surface area contributed by atoms with Gasteiger partial charge in [-0.25, -0.2) is 4.98 Å². The normalized spacial score (nSPS) is 10.8. The lowest BCUT2D eigenvalue weighted by Crippen LogP contribution is -2.19. The first-order valence-corrected chi connectivity index (χ1v) is 9.39. The second-order valence-corrected chi connectivity index (χ2v) is 6.79. The van der Waals surface area contributed by atoms with Crippen LogP contribution < -0.4 is 5.56 Å². The molecular weight excluding hydrogens is 348 g/mol. The van der Waals surface area contributed by atoms with Crippen LogP contribution in [0.15, 0.2) is 52.4 Å². The number of ether oxygens (including phenoxy) is 1. The highest BCUT2D eigenvalue weighted by atomic mass is 32.2. The van der Waals surface area contributed by atoms with Gasteiger partial charge in [0.15, 0.2) is 5.16 Å². The van der Waals surface area contributed by atoms with Crippen LogP contribution in [0, 0.1) is 0 Å². The van der Waals surface area contributed by atoms with Crippen molar-refractivity contribution in [3.8, 4) is 0 Å². The molecule has 6 heteroatoms. The van der Waals surface area contributed by atoms with E-state index in [0.717, 1.165) is 22.0 Å². The maximum Gasteiger partial charge on any atom is 0.316 e. The van der Waals surface area contributed by atoms with E-state index in [-0.39, 0.29) is 17.3 Å². The van der Waals surface area contributed by atoms with Crippen LogP contribution in [0.1, 0.15) is 23.7 Å². The molecule has 0 aliphatic rings. The van der Waals surface area contributed by atoms with Crippen molar-refractivity contribution in [3.05, 3.63) is 69.6 Å². The topological polar surface area (TPSA) is 72.0 Å². The molecule has 0 amide bonds. The monoisotopic (exact) mass is 368 g/mol. The first-order chi connectivity index (χ1) is 12.6. The molecule has 1 heterocycles. The van der Waals surface area contributed by atoms with E-state index < -0.39 is 0 Å². The highest BCUT2D eigenvalue weighted by Crippen LogP contribution is 2.22. The molecule has 5 nitrogen and oxygen atoms in total.